The summed E-state index contributed by atoms with van der Waals surface area (Å²) in [6, 6.07) is 8.39. The topological polar surface area (TPSA) is 54.9 Å². The van der Waals surface area contributed by atoms with Crippen LogP contribution in [0.2, 0.25) is 0 Å². The van der Waals surface area contributed by atoms with Gasteiger partial charge in [0.1, 0.15) is 0 Å². The molecule has 0 amide bonds. The largest absolute Gasteiger partial charge is 0.383 e. The minimum absolute atomic E-state index is 0.123. The van der Waals surface area contributed by atoms with Crippen molar-refractivity contribution >= 4 is 5.96 Å². The Morgan fingerprint density at radius 3 is 2.55 bits per heavy atom. The zero-order valence-corrected chi connectivity index (χ0v) is 14.4. The molecule has 0 aromatic heterocycles. The molecular weight excluding hydrogens is 278 g/mol. The molecule has 0 atom stereocenters. The highest BCUT2D eigenvalue weighted by Crippen LogP contribution is 2.13. The third-order valence-electron chi connectivity index (χ3n) is 2.95. The number of guanidine groups is 1. The smallest absolute Gasteiger partial charge is 0.191 e. The first-order valence-corrected chi connectivity index (χ1v) is 7.60. The summed E-state index contributed by atoms with van der Waals surface area (Å²) < 4.78 is 10.8. The zero-order chi connectivity index (χ0) is 16.4. The van der Waals surface area contributed by atoms with Gasteiger partial charge in [0.25, 0.3) is 0 Å². The standard InChI is InChI=1S/C17H29N3O2/c1-17(2,3)22-13-15-8-6-7-14(11-15)12-20-16(18-4)19-9-10-21-5/h6-8,11H,9-10,12-13H2,1-5H3,(H2,18,19,20). The Bertz CT molecular complexity index is 467. The van der Waals surface area contributed by atoms with Crippen LogP contribution < -0.4 is 10.6 Å². The van der Waals surface area contributed by atoms with Gasteiger partial charge in [-0.2, -0.15) is 0 Å². The lowest BCUT2D eigenvalue weighted by molar-refractivity contribution is -0.0149. The average molecular weight is 307 g/mol. The van der Waals surface area contributed by atoms with E-state index in [2.05, 4.69) is 60.7 Å². The maximum atomic E-state index is 5.81. The Kier molecular flexibility index (Phi) is 7.91. The first-order chi connectivity index (χ1) is 10.4. The molecule has 1 aromatic carbocycles. The number of hydrogen-bond donors (Lipinski definition) is 2. The molecule has 22 heavy (non-hydrogen) atoms. The summed E-state index contributed by atoms with van der Waals surface area (Å²) in [6.07, 6.45) is 0. The van der Waals surface area contributed by atoms with Crippen LogP contribution in [0.25, 0.3) is 0 Å². The second kappa shape index (κ2) is 9.43. The predicted molar refractivity (Wildman–Crippen MR) is 91.1 cm³/mol. The molecule has 2 N–H and O–H groups in total. The van der Waals surface area contributed by atoms with E-state index in [-0.39, 0.29) is 5.60 Å². The van der Waals surface area contributed by atoms with E-state index in [1.165, 1.54) is 11.1 Å². The molecule has 0 bridgehead atoms. The molecule has 0 saturated heterocycles. The van der Waals surface area contributed by atoms with E-state index in [0.29, 0.717) is 13.2 Å². The number of ether oxygens (including phenoxy) is 2. The summed E-state index contributed by atoms with van der Waals surface area (Å²) in [7, 11) is 3.44. The Morgan fingerprint density at radius 2 is 1.91 bits per heavy atom. The number of aliphatic imine (C=N–C) groups is 1. The van der Waals surface area contributed by atoms with Crippen molar-refractivity contribution in [3.8, 4) is 0 Å². The lowest BCUT2D eigenvalue weighted by Gasteiger charge is -2.19. The Balaban J connectivity index is 2.48. The molecule has 0 aliphatic carbocycles. The summed E-state index contributed by atoms with van der Waals surface area (Å²) in [4.78, 5) is 4.18. The van der Waals surface area contributed by atoms with Crippen molar-refractivity contribution in [2.45, 2.75) is 39.5 Å². The Hall–Kier alpha value is -1.59. The molecule has 0 radical (unpaired) electrons. The number of benzene rings is 1. The van der Waals surface area contributed by atoms with Crippen LogP contribution in [-0.2, 0) is 22.6 Å². The van der Waals surface area contributed by atoms with Gasteiger partial charge in [-0.3, -0.25) is 4.99 Å². The monoisotopic (exact) mass is 307 g/mol. The zero-order valence-electron chi connectivity index (χ0n) is 14.4. The number of nitrogens with one attached hydrogen (secondary N) is 2. The normalized spacial score (nSPS) is 12.3. The first-order valence-electron chi connectivity index (χ1n) is 7.60. The fourth-order valence-corrected chi connectivity index (χ4v) is 1.81. The van der Waals surface area contributed by atoms with Gasteiger partial charge in [-0.05, 0) is 31.9 Å². The molecule has 0 fully saturated rings. The molecule has 0 spiro atoms. The molecular formula is C17H29N3O2. The third kappa shape index (κ3) is 8.00. The van der Waals surface area contributed by atoms with Gasteiger partial charge in [-0.15, -0.1) is 0 Å². The maximum absolute atomic E-state index is 5.81. The summed E-state index contributed by atoms with van der Waals surface area (Å²) in [5, 5.41) is 6.48. The van der Waals surface area contributed by atoms with Gasteiger partial charge in [0.15, 0.2) is 5.96 Å². The molecule has 124 valence electrons. The molecule has 1 aromatic rings. The van der Waals surface area contributed by atoms with Gasteiger partial charge >= 0.3 is 0 Å². The Morgan fingerprint density at radius 1 is 1.18 bits per heavy atom. The van der Waals surface area contributed by atoms with E-state index in [9.17, 15) is 0 Å². The minimum atomic E-state index is -0.123. The summed E-state index contributed by atoms with van der Waals surface area (Å²) in [5.41, 5.74) is 2.25. The van der Waals surface area contributed by atoms with Crippen molar-refractivity contribution in [3.05, 3.63) is 35.4 Å². The van der Waals surface area contributed by atoms with Crippen LogP contribution in [0.15, 0.2) is 29.3 Å². The fourth-order valence-electron chi connectivity index (χ4n) is 1.81. The lowest BCUT2D eigenvalue weighted by atomic mass is 10.1. The predicted octanol–water partition coefficient (Wildman–Crippen LogP) is 2.31. The molecule has 0 aliphatic rings. The van der Waals surface area contributed by atoms with Gasteiger partial charge in [-0.25, -0.2) is 0 Å². The summed E-state index contributed by atoms with van der Waals surface area (Å²) in [5.74, 6) is 0.772. The van der Waals surface area contributed by atoms with E-state index in [4.69, 9.17) is 9.47 Å². The number of nitrogens with zero attached hydrogens (tertiary/aromatic N) is 1. The van der Waals surface area contributed by atoms with Crippen LogP contribution in [0.5, 0.6) is 0 Å². The fraction of sp³-hybridized carbons (Fsp3) is 0.588. The summed E-state index contributed by atoms with van der Waals surface area (Å²) in [6.45, 7) is 8.92. The number of hydrogen-bond acceptors (Lipinski definition) is 3. The van der Waals surface area contributed by atoms with Crippen molar-refractivity contribution in [3.63, 3.8) is 0 Å². The molecule has 0 unspecified atom stereocenters. The van der Waals surface area contributed by atoms with E-state index < -0.39 is 0 Å². The van der Waals surface area contributed by atoms with Gasteiger partial charge < -0.3 is 20.1 Å². The van der Waals surface area contributed by atoms with Crippen LogP contribution in [0.4, 0.5) is 0 Å². The van der Waals surface area contributed by atoms with E-state index >= 15 is 0 Å². The van der Waals surface area contributed by atoms with Crippen LogP contribution in [0, 0.1) is 0 Å². The van der Waals surface area contributed by atoms with Crippen molar-refractivity contribution < 1.29 is 9.47 Å². The number of rotatable bonds is 7. The molecule has 1 rings (SSSR count). The third-order valence-corrected chi connectivity index (χ3v) is 2.95. The van der Waals surface area contributed by atoms with Crippen LogP contribution in [-0.4, -0.2) is 38.9 Å². The highest BCUT2D eigenvalue weighted by atomic mass is 16.5. The van der Waals surface area contributed by atoms with Gasteiger partial charge in [-0.1, -0.05) is 24.3 Å². The molecule has 0 saturated carbocycles. The lowest BCUT2D eigenvalue weighted by Crippen LogP contribution is -2.38. The maximum Gasteiger partial charge on any atom is 0.191 e. The van der Waals surface area contributed by atoms with Crippen LogP contribution >= 0.6 is 0 Å². The molecule has 0 heterocycles. The summed E-state index contributed by atoms with van der Waals surface area (Å²) >= 11 is 0. The van der Waals surface area contributed by atoms with Crippen LogP contribution in [0.1, 0.15) is 31.9 Å². The second-order valence-corrected chi connectivity index (χ2v) is 6.07. The van der Waals surface area contributed by atoms with Crippen LogP contribution in [0.3, 0.4) is 0 Å². The van der Waals surface area contributed by atoms with E-state index in [1.54, 1.807) is 14.2 Å². The van der Waals surface area contributed by atoms with Crippen molar-refractivity contribution in [1.82, 2.24) is 10.6 Å². The second-order valence-electron chi connectivity index (χ2n) is 6.07. The van der Waals surface area contributed by atoms with Gasteiger partial charge in [0, 0.05) is 27.2 Å². The first kappa shape index (κ1) is 18.5. The highest BCUT2D eigenvalue weighted by molar-refractivity contribution is 5.79. The molecule has 5 heteroatoms. The van der Waals surface area contributed by atoms with E-state index in [0.717, 1.165) is 19.0 Å². The average Bonchev–Trinajstić information content (AvgIpc) is 2.48. The van der Waals surface area contributed by atoms with Crippen molar-refractivity contribution in [2.75, 3.05) is 27.3 Å². The van der Waals surface area contributed by atoms with Gasteiger partial charge in [0.2, 0.25) is 0 Å². The molecule has 0 aliphatic heterocycles. The van der Waals surface area contributed by atoms with Crippen molar-refractivity contribution in [1.29, 1.82) is 0 Å². The van der Waals surface area contributed by atoms with Gasteiger partial charge in [0.05, 0.1) is 18.8 Å². The van der Waals surface area contributed by atoms with E-state index in [1.807, 2.05) is 0 Å². The molecule has 5 nitrogen and oxygen atoms in total. The quantitative estimate of drug-likeness (QED) is 0.461. The van der Waals surface area contributed by atoms with Crippen molar-refractivity contribution in [2.24, 2.45) is 4.99 Å². The highest BCUT2D eigenvalue weighted by Gasteiger charge is 2.10. The Labute approximate surface area is 134 Å². The number of methoxy groups -OCH3 is 1. The minimum Gasteiger partial charge on any atom is -0.383 e. The SMILES string of the molecule is CN=C(NCCOC)NCc1cccc(COC(C)(C)C)c1.